The van der Waals surface area contributed by atoms with Crippen LogP contribution in [0.4, 0.5) is 17.1 Å². The number of methoxy groups -OCH3 is 1. The SMILES string of the molecule is COC(=O)c1cc(N)cc(Cl)c1Nc1cc(Cl)ccc1C. The molecule has 0 saturated heterocycles. The molecule has 0 saturated carbocycles. The Morgan fingerprint density at radius 1 is 1.24 bits per heavy atom. The van der Waals surface area contributed by atoms with Gasteiger partial charge in [0.05, 0.1) is 23.4 Å². The van der Waals surface area contributed by atoms with Gasteiger partial charge in [0.15, 0.2) is 0 Å². The number of esters is 1. The van der Waals surface area contributed by atoms with Crippen LogP contribution in [0.2, 0.25) is 10.0 Å². The smallest absolute Gasteiger partial charge is 0.340 e. The molecule has 0 heterocycles. The molecule has 110 valence electrons. The average Bonchev–Trinajstić information content (AvgIpc) is 2.44. The van der Waals surface area contributed by atoms with E-state index in [1.807, 2.05) is 13.0 Å². The number of carbonyl (C=O) groups excluding carboxylic acids is 1. The van der Waals surface area contributed by atoms with Crippen molar-refractivity contribution in [2.24, 2.45) is 0 Å². The minimum Gasteiger partial charge on any atom is -0.465 e. The van der Waals surface area contributed by atoms with Gasteiger partial charge in [-0.25, -0.2) is 4.79 Å². The van der Waals surface area contributed by atoms with E-state index in [9.17, 15) is 4.79 Å². The monoisotopic (exact) mass is 324 g/mol. The predicted molar refractivity (Wildman–Crippen MR) is 86.7 cm³/mol. The Hall–Kier alpha value is -1.91. The molecule has 21 heavy (non-hydrogen) atoms. The Morgan fingerprint density at radius 3 is 2.62 bits per heavy atom. The van der Waals surface area contributed by atoms with Crippen LogP contribution in [0, 0.1) is 6.92 Å². The van der Waals surface area contributed by atoms with Crippen molar-refractivity contribution < 1.29 is 9.53 Å². The Kier molecular flexibility index (Phi) is 4.60. The van der Waals surface area contributed by atoms with E-state index < -0.39 is 5.97 Å². The number of hydrogen-bond donors (Lipinski definition) is 2. The van der Waals surface area contributed by atoms with Crippen LogP contribution in [0.1, 0.15) is 15.9 Å². The molecule has 2 aromatic rings. The van der Waals surface area contributed by atoms with E-state index in [1.165, 1.54) is 13.2 Å². The molecular formula is C15H14Cl2N2O2. The van der Waals surface area contributed by atoms with Crippen molar-refractivity contribution in [3.63, 3.8) is 0 Å². The number of rotatable bonds is 3. The molecule has 0 radical (unpaired) electrons. The van der Waals surface area contributed by atoms with Crippen molar-refractivity contribution in [1.82, 2.24) is 0 Å². The summed E-state index contributed by atoms with van der Waals surface area (Å²) in [5.74, 6) is -0.522. The maximum absolute atomic E-state index is 11.9. The topological polar surface area (TPSA) is 64.3 Å². The number of anilines is 3. The van der Waals surface area contributed by atoms with Crippen LogP contribution >= 0.6 is 23.2 Å². The van der Waals surface area contributed by atoms with Gasteiger partial charge in [0.1, 0.15) is 0 Å². The van der Waals surface area contributed by atoms with Crippen LogP contribution < -0.4 is 11.1 Å². The van der Waals surface area contributed by atoms with E-state index in [4.69, 9.17) is 33.7 Å². The summed E-state index contributed by atoms with van der Waals surface area (Å²) in [7, 11) is 1.30. The molecule has 0 aliphatic heterocycles. The van der Waals surface area contributed by atoms with Gasteiger partial charge in [-0.05, 0) is 36.8 Å². The van der Waals surface area contributed by atoms with Crippen LogP contribution in [0.5, 0.6) is 0 Å². The van der Waals surface area contributed by atoms with Gasteiger partial charge in [-0.3, -0.25) is 0 Å². The number of nitrogen functional groups attached to an aromatic ring is 1. The van der Waals surface area contributed by atoms with Crippen molar-refractivity contribution in [2.75, 3.05) is 18.2 Å². The molecule has 0 spiro atoms. The molecule has 6 heteroatoms. The summed E-state index contributed by atoms with van der Waals surface area (Å²) in [4.78, 5) is 11.9. The maximum atomic E-state index is 11.9. The van der Waals surface area contributed by atoms with Crippen molar-refractivity contribution in [3.05, 3.63) is 51.5 Å². The van der Waals surface area contributed by atoms with E-state index in [-0.39, 0.29) is 5.56 Å². The van der Waals surface area contributed by atoms with Crippen LogP contribution in [-0.4, -0.2) is 13.1 Å². The molecule has 2 aromatic carbocycles. The highest BCUT2D eigenvalue weighted by molar-refractivity contribution is 6.34. The molecule has 3 N–H and O–H groups in total. The van der Waals surface area contributed by atoms with Gasteiger partial charge in [-0.15, -0.1) is 0 Å². The molecule has 2 rings (SSSR count). The minimum absolute atomic E-state index is 0.266. The van der Waals surface area contributed by atoms with Gasteiger partial charge >= 0.3 is 5.97 Å². The average molecular weight is 325 g/mol. The minimum atomic E-state index is -0.522. The van der Waals surface area contributed by atoms with Crippen LogP contribution in [-0.2, 0) is 4.74 Å². The van der Waals surface area contributed by atoms with Crippen molar-refractivity contribution in [2.45, 2.75) is 6.92 Å². The summed E-state index contributed by atoms with van der Waals surface area (Å²) < 4.78 is 4.76. The van der Waals surface area contributed by atoms with Gasteiger partial charge < -0.3 is 15.8 Å². The summed E-state index contributed by atoms with van der Waals surface area (Å²) in [6.45, 7) is 1.92. The lowest BCUT2D eigenvalue weighted by molar-refractivity contribution is 0.0602. The standard InChI is InChI=1S/C15H14Cl2N2O2/c1-8-3-4-9(16)5-13(8)19-14-11(15(20)21-2)6-10(18)7-12(14)17/h3-7,19H,18H2,1-2H3. The second-order valence-corrected chi connectivity index (χ2v) is 5.34. The van der Waals surface area contributed by atoms with E-state index in [0.717, 1.165) is 11.3 Å². The van der Waals surface area contributed by atoms with E-state index in [1.54, 1.807) is 18.2 Å². The summed E-state index contributed by atoms with van der Waals surface area (Å²) in [5.41, 5.74) is 8.52. The zero-order valence-electron chi connectivity index (χ0n) is 11.5. The number of aryl methyl sites for hydroxylation is 1. The lowest BCUT2D eigenvalue weighted by Crippen LogP contribution is -2.08. The van der Waals surface area contributed by atoms with Gasteiger partial charge in [-0.1, -0.05) is 29.3 Å². The summed E-state index contributed by atoms with van der Waals surface area (Å²) in [6.07, 6.45) is 0. The highest BCUT2D eigenvalue weighted by Gasteiger charge is 2.17. The van der Waals surface area contributed by atoms with Crippen LogP contribution in [0.15, 0.2) is 30.3 Å². The molecule has 0 atom stereocenters. The molecular weight excluding hydrogens is 311 g/mol. The third-order valence-corrected chi connectivity index (χ3v) is 3.51. The zero-order valence-corrected chi connectivity index (χ0v) is 13.0. The normalized spacial score (nSPS) is 10.3. The number of benzene rings is 2. The summed E-state index contributed by atoms with van der Waals surface area (Å²) >= 11 is 12.2. The first kappa shape index (κ1) is 15.5. The van der Waals surface area contributed by atoms with E-state index >= 15 is 0 Å². The van der Waals surface area contributed by atoms with Gasteiger partial charge in [-0.2, -0.15) is 0 Å². The van der Waals surface area contributed by atoms with E-state index in [0.29, 0.717) is 21.4 Å². The van der Waals surface area contributed by atoms with Crippen LogP contribution in [0.25, 0.3) is 0 Å². The molecule has 0 unspecified atom stereocenters. The van der Waals surface area contributed by atoms with Gasteiger partial charge in [0.2, 0.25) is 0 Å². The Morgan fingerprint density at radius 2 is 1.95 bits per heavy atom. The third kappa shape index (κ3) is 3.40. The number of carbonyl (C=O) groups is 1. The molecule has 0 amide bonds. The zero-order chi connectivity index (χ0) is 15.6. The lowest BCUT2D eigenvalue weighted by Gasteiger charge is -2.15. The molecule has 0 fully saturated rings. The van der Waals surface area contributed by atoms with Crippen molar-refractivity contribution >= 4 is 46.2 Å². The van der Waals surface area contributed by atoms with Crippen molar-refractivity contribution in [3.8, 4) is 0 Å². The number of hydrogen-bond acceptors (Lipinski definition) is 4. The predicted octanol–water partition coefficient (Wildman–Crippen LogP) is 4.41. The largest absolute Gasteiger partial charge is 0.465 e. The summed E-state index contributed by atoms with van der Waals surface area (Å²) in [5, 5.41) is 4.03. The molecule has 0 bridgehead atoms. The van der Waals surface area contributed by atoms with E-state index in [2.05, 4.69) is 5.32 Å². The molecule has 4 nitrogen and oxygen atoms in total. The fourth-order valence-corrected chi connectivity index (χ4v) is 2.34. The number of nitrogens with one attached hydrogen (secondary N) is 1. The maximum Gasteiger partial charge on any atom is 0.340 e. The fourth-order valence-electron chi connectivity index (χ4n) is 1.89. The molecule has 0 aromatic heterocycles. The number of nitrogens with two attached hydrogens (primary N) is 1. The Bertz CT molecular complexity index is 702. The highest BCUT2D eigenvalue weighted by Crippen LogP contribution is 2.34. The fraction of sp³-hybridized carbons (Fsp3) is 0.133. The number of ether oxygens (including phenoxy) is 1. The molecule has 0 aliphatic rings. The third-order valence-electron chi connectivity index (χ3n) is 2.98. The first-order chi connectivity index (χ1) is 9.92. The number of halogens is 2. The molecule has 0 aliphatic carbocycles. The van der Waals surface area contributed by atoms with Crippen molar-refractivity contribution in [1.29, 1.82) is 0 Å². The summed E-state index contributed by atoms with van der Waals surface area (Å²) in [6, 6.07) is 8.49. The second kappa shape index (κ2) is 6.24. The first-order valence-electron chi connectivity index (χ1n) is 6.13. The van der Waals surface area contributed by atoms with Crippen LogP contribution in [0.3, 0.4) is 0 Å². The quantitative estimate of drug-likeness (QED) is 0.648. The Balaban J connectivity index is 2.53. The Labute approximate surface area is 132 Å². The first-order valence-corrected chi connectivity index (χ1v) is 6.88. The van der Waals surface area contributed by atoms with Gasteiger partial charge in [0, 0.05) is 16.4 Å². The second-order valence-electron chi connectivity index (χ2n) is 4.50. The van der Waals surface area contributed by atoms with Gasteiger partial charge in [0.25, 0.3) is 0 Å². The lowest BCUT2D eigenvalue weighted by atomic mass is 10.1. The highest BCUT2D eigenvalue weighted by atomic mass is 35.5.